The summed E-state index contributed by atoms with van der Waals surface area (Å²) in [7, 11) is 1.99. The smallest absolute Gasteiger partial charge is 0.222 e. The highest BCUT2D eigenvalue weighted by atomic mass is 32.2. The molecule has 2 aliphatic heterocycles. The Labute approximate surface area is 182 Å². The van der Waals surface area contributed by atoms with Crippen LogP contribution in [0.4, 0.5) is 5.69 Å². The van der Waals surface area contributed by atoms with Crippen molar-refractivity contribution in [2.45, 2.75) is 55.5 Å². The zero-order chi connectivity index (χ0) is 20.5. The van der Waals surface area contributed by atoms with Gasteiger partial charge in [-0.05, 0) is 76.9 Å². The molecule has 2 heterocycles. The Kier molecular flexibility index (Phi) is 3.98. The average Bonchev–Trinajstić information content (AvgIpc) is 3.21. The lowest BCUT2D eigenvalue weighted by molar-refractivity contribution is -0.138. The molecule has 0 spiro atoms. The third kappa shape index (κ3) is 2.56. The van der Waals surface area contributed by atoms with Crippen LogP contribution in [-0.2, 0) is 23.2 Å². The van der Waals surface area contributed by atoms with Gasteiger partial charge in [-0.1, -0.05) is 43.3 Å². The molecule has 3 aliphatic rings. The average molecular weight is 415 g/mol. The topological polar surface area (TPSA) is 23.6 Å². The van der Waals surface area contributed by atoms with E-state index in [4.69, 9.17) is 0 Å². The van der Waals surface area contributed by atoms with Gasteiger partial charge >= 0.3 is 0 Å². The van der Waals surface area contributed by atoms with Crippen LogP contribution in [0.15, 0.2) is 59.5 Å². The van der Waals surface area contributed by atoms with Crippen LogP contribution in [0.2, 0.25) is 0 Å². The van der Waals surface area contributed by atoms with Gasteiger partial charge in [-0.25, -0.2) is 0 Å². The number of likely N-dealkylation sites (tertiary alicyclic amines) is 1. The summed E-state index contributed by atoms with van der Waals surface area (Å²) in [5.41, 5.74) is 5.73. The predicted molar refractivity (Wildman–Crippen MR) is 124 cm³/mol. The third-order valence-corrected chi connectivity index (χ3v) is 8.78. The van der Waals surface area contributed by atoms with Crippen LogP contribution in [0.3, 0.4) is 0 Å². The number of fused-ring (bicyclic) bond motifs is 6. The van der Waals surface area contributed by atoms with Crippen LogP contribution >= 0.6 is 11.9 Å². The molecule has 1 aliphatic carbocycles. The van der Waals surface area contributed by atoms with E-state index >= 15 is 0 Å². The van der Waals surface area contributed by atoms with E-state index in [0.29, 0.717) is 18.4 Å². The van der Waals surface area contributed by atoms with Crippen molar-refractivity contribution >= 4 is 34.3 Å². The molecule has 152 valence electrons. The zero-order valence-electron chi connectivity index (χ0n) is 17.5. The van der Waals surface area contributed by atoms with Gasteiger partial charge in [-0.3, -0.25) is 4.79 Å². The molecule has 0 saturated carbocycles. The molecule has 3 aromatic rings. The summed E-state index contributed by atoms with van der Waals surface area (Å²) >= 11 is 1.86. The molecule has 4 heteroatoms. The van der Waals surface area contributed by atoms with Crippen molar-refractivity contribution < 1.29 is 4.79 Å². The van der Waals surface area contributed by atoms with Gasteiger partial charge in [0.2, 0.25) is 5.91 Å². The number of nitrogens with zero attached hydrogens (tertiary/aromatic N) is 2. The van der Waals surface area contributed by atoms with Crippen molar-refractivity contribution in [1.82, 2.24) is 4.90 Å². The van der Waals surface area contributed by atoms with E-state index in [1.54, 1.807) is 0 Å². The molecule has 0 N–H and O–H groups in total. The molecule has 0 bridgehead atoms. The van der Waals surface area contributed by atoms with Crippen LogP contribution in [0.1, 0.15) is 42.9 Å². The highest BCUT2D eigenvalue weighted by Crippen LogP contribution is 2.48. The van der Waals surface area contributed by atoms with Gasteiger partial charge in [0.15, 0.2) is 0 Å². The quantitative estimate of drug-likeness (QED) is 0.478. The van der Waals surface area contributed by atoms with Gasteiger partial charge in [0.05, 0.1) is 6.54 Å². The molecule has 6 rings (SSSR count). The second-order valence-electron chi connectivity index (χ2n) is 9.21. The van der Waals surface area contributed by atoms with Gasteiger partial charge < -0.3 is 9.21 Å². The minimum Gasteiger partial charge on any atom is -0.342 e. The van der Waals surface area contributed by atoms with E-state index in [1.807, 2.05) is 23.9 Å². The fraction of sp³-hybridized carbons (Fsp3) is 0.346. The fourth-order valence-electron chi connectivity index (χ4n) is 5.93. The maximum absolute atomic E-state index is 12.2. The highest BCUT2D eigenvalue weighted by molar-refractivity contribution is 8.01. The van der Waals surface area contributed by atoms with E-state index in [2.05, 4.69) is 65.8 Å². The number of piperidine rings is 1. The van der Waals surface area contributed by atoms with Crippen LogP contribution < -0.4 is 4.31 Å². The molecule has 3 nitrogen and oxygen atoms in total. The second kappa shape index (κ2) is 6.52. The highest BCUT2D eigenvalue weighted by Gasteiger charge is 2.46. The number of hydrogen-bond acceptors (Lipinski definition) is 3. The van der Waals surface area contributed by atoms with E-state index in [0.717, 1.165) is 25.8 Å². The van der Waals surface area contributed by atoms with Crippen molar-refractivity contribution in [2.75, 3.05) is 11.4 Å². The molecular formula is C26H26N2OS. The number of hydrogen-bond donors (Lipinski definition) is 0. The third-order valence-electron chi connectivity index (χ3n) is 7.64. The monoisotopic (exact) mass is 414 g/mol. The van der Waals surface area contributed by atoms with Gasteiger partial charge in [0.1, 0.15) is 0 Å². The minimum atomic E-state index is 0.0755. The molecule has 1 fully saturated rings. The van der Waals surface area contributed by atoms with Gasteiger partial charge in [-0.2, -0.15) is 0 Å². The van der Waals surface area contributed by atoms with E-state index in [1.165, 1.54) is 38.0 Å². The molecular weight excluding hydrogens is 388 g/mol. The standard InChI is InChI=1S/C26H26N2OS/c1-26-14-13-25(29)27(2)24(26)12-8-18-15-19(9-10-22(18)26)28-16-21-20-6-4-3-5-17(20)7-11-23(21)30-28/h3-7,9-11,15,24H,8,12-14,16H2,1-2H3/t24-,26-/m1/s1. The number of aryl methyl sites for hydroxylation is 1. The fourth-order valence-corrected chi connectivity index (χ4v) is 7.00. The number of amides is 1. The largest absolute Gasteiger partial charge is 0.342 e. The molecule has 1 amide bonds. The molecule has 2 atom stereocenters. The van der Waals surface area contributed by atoms with E-state index in [9.17, 15) is 4.79 Å². The molecule has 3 aromatic carbocycles. The summed E-state index contributed by atoms with van der Waals surface area (Å²) in [6, 6.07) is 20.6. The van der Waals surface area contributed by atoms with E-state index < -0.39 is 0 Å². The predicted octanol–water partition coefficient (Wildman–Crippen LogP) is 5.69. The Hall–Kier alpha value is -2.46. The van der Waals surface area contributed by atoms with Crippen molar-refractivity contribution in [1.29, 1.82) is 0 Å². The normalized spacial score (nSPS) is 25.3. The number of rotatable bonds is 1. The molecule has 0 unspecified atom stereocenters. The summed E-state index contributed by atoms with van der Waals surface area (Å²) in [6.07, 6.45) is 3.74. The maximum atomic E-state index is 12.2. The van der Waals surface area contributed by atoms with Crippen molar-refractivity contribution in [3.63, 3.8) is 0 Å². The number of carbonyl (C=O) groups is 1. The molecule has 0 aromatic heterocycles. The SMILES string of the molecule is CN1C(=O)CC[C@]2(C)c3ccc(N4Cc5c(ccc6ccccc56)S4)cc3CC[C@@H]12. The lowest BCUT2D eigenvalue weighted by atomic mass is 9.63. The number of anilines is 1. The molecule has 30 heavy (non-hydrogen) atoms. The number of carbonyl (C=O) groups excluding carboxylic acids is 1. The Morgan fingerprint density at radius 1 is 1.07 bits per heavy atom. The zero-order valence-corrected chi connectivity index (χ0v) is 18.3. The van der Waals surface area contributed by atoms with Gasteiger partial charge in [0, 0.05) is 35.5 Å². The first-order chi connectivity index (χ1) is 14.5. The Bertz CT molecular complexity index is 1190. The van der Waals surface area contributed by atoms with E-state index in [-0.39, 0.29) is 5.41 Å². The number of likely N-dealkylation sites (N-methyl/N-ethyl adjacent to an activating group) is 1. The van der Waals surface area contributed by atoms with Crippen LogP contribution in [0.5, 0.6) is 0 Å². The first-order valence-corrected chi connectivity index (χ1v) is 11.7. The second-order valence-corrected chi connectivity index (χ2v) is 10.3. The summed E-state index contributed by atoms with van der Waals surface area (Å²) in [5.74, 6) is 0.302. The summed E-state index contributed by atoms with van der Waals surface area (Å²) < 4.78 is 2.43. The van der Waals surface area contributed by atoms with Crippen LogP contribution in [0.25, 0.3) is 10.8 Å². The summed E-state index contributed by atoms with van der Waals surface area (Å²) in [5, 5.41) is 2.69. The van der Waals surface area contributed by atoms with Crippen molar-refractivity contribution in [2.24, 2.45) is 0 Å². The lowest BCUT2D eigenvalue weighted by Crippen LogP contribution is -2.56. The van der Waals surface area contributed by atoms with Crippen LogP contribution in [0, 0.1) is 0 Å². The first-order valence-electron chi connectivity index (χ1n) is 10.9. The van der Waals surface area contributed by atoms with Gasteiger partial charge in [-0.15, -0.1) is 0 Å². The van der Waals surface area contributed by atoms with Gasteiger partial charge in [0.25, 0.3) is 0 Å². The molecule has 1 saturated heterocycles. The lowest BCUT2D eigenvalue weighted by Gasteiger charge is -2.50. The summed E-state index contributed by atoms with van der Waals surface area (Å²) in [4.78, 5) is 15.6. The molecule has 0 radical (unpaired) electrons. The Morgan fingerprint density at radius 3 is 2.83 bits per heavy atom. The van der Waals surface area contributed by atoms with Crippen LogP contribution in [-0.4, -0.2) is 23.9 Å². The minimum absolute atomic E-state index is 0.0755. The summed E-state index contributed by atoms with van der Waals surface area (Å²) in [6.45, 7) is 3.31. The first kappa shape index (κ1) is 18.3. The van der Waals surface area contributed by atoms with Crippen molar-refractivity contribution in [3.05, 3.63) is 71.3 Å². The Morgan fingerprint density at radius 2 is 1.93 bits per heavy atom. The number of benzene rings is 3. The Balaban J connectivity index is 1.34. The van der Waals surface area contributed by atoms with Crippen molar-refractivity contribution in [3.8, 4) is 0 Å². The maximum Gasteiger partial charge on any atom is 0.222 e.